The van der Waals surface area contributed by atoms with Crippen molar-refractivity contribution in [3.63, 3.8) is 0 Å². The van der Waals surface area contributed by atoms with Crippen LogP contribution in [0.1, 0.15) is 11.3 Å². The summed E-state index contributed by atoms with van der Waals surface area (Å²) in [5, 5.41) is 5.27. The summed E-state index contributed by atoms with van der Waals surface area (Å²) >= 11 is 2.37. The Balaban J connectivity index is 1.86. The van der Waals surface area contributed by atoms with Gasteiger partial charge in [-0.2, -0.15) is 13.2 Å². The summed E-state index contributed by atoms with van der Waals surface area (Å²) < 4.78 is 37.1. The molecule has 21 heavy (non-hydrogen) atoms. The van der Waals surface area contributed by atoms with Gasteiger partial charge in [-0.25, -0.2) is 9.97 Å². The molecule has 1 N–H and O–H groups in total. The van der Waals surface area contributed by atoms with E-state index in [0.29, 0.717) is 10.2 Å². The molecule has 0 saturated heterocycles. The Morgan fingerprint density at radius 1 is 1.43 bits per heavy atom. The molecule has 9 heteroatoms. The van der Waals surface area contributed by atoms with Crippen LogP contribution in [0.3, 0.4) is 0 Å². The zero-order chi connectivity index (χ0) is 15.5. The number of aryl methyl sites for hydroxylation is 1. The van der Waals surface area contributed by atoms with E-state index in [-0.39, 0.29) is 11.7 Å². The maximum absolute atomic E-state index is 12.4. The lowest BCUT2D eigenvalue weighted by Gasteiger charge is -2.06. The van der Waals surface area contributed by atoms with Gasteiger partial charge in [-0.05, 0) is 19.1 Å². The van der Waals surface area contributed by atoms with Gasteiger partial charge in [0.15, 0.2) is 5.13 Å². The van der Waals surface area contributed by atoms with Gasteiger partial charge < -0.3 is 5.32 Å². The molecule has 0 fully saturated rings. The topological polar surface area (TPSA) is 54.9 Å². The first-order valence-electron chi connectivity index (χ1n) is 5.72. The van der Waals surface area contributed by atoms with E-state index < -0.39 is 11.7 Å². The van der Waals surface area contributed by atoms with Gasteiger partial charge in [0, 0.05) is 11.6 Å². The number of carbonyl (C=O) groups excluding carboxylic acids is 1. The zero-order valence-electron chi connectivity index (χ0n) is 10.8. The molecule has 0 unspecified atom stereocenters. The summed E-state index contributed by atoms with van der Waals surface area (Å²) in [6, 6.07) is 2.19. The third-order valence-corrected chi connectivity index (χ3v) is 4.10. The summed E-state index contributed by atoms with van der Waals surface area (Å²) in [5.74, 6) is -0.229. The van der Waals surface area contributed by atoms with E-state index in [1.165, 1.54) is 17.4 Å². The number of carbonyl (C=O) groups is 1. The number of amides is 1. The van der Waals surface area contributed by atoms with Crippen molar-refractivity contribution >= 4 is 34.1 Å². The van der Waals surface area contributed by atoms with Crippen LogP contribution in [0.5, 0.6) is 0 Å². The molecule has 0 aliphatic heterocycles. The van der Waals surface area contributed by atoms with Gasteiger partial charge in [0.25, 0.3) is 0 Å². The molecule has 0 saturated carbocycles. The molecule has 0 spiro atoms. The molecule has 2 aromatic heterocycles. The van der Waals surface area contributed by atoms with E-state index in [0.717, 1.165) is 29.7 Å². The fourth-order valence-electron chi connectivity index (χ4n) is 1.34. The summed E-state index contributed by atoms with van der Waals surface area (Å²) in [6.45, 7) is 1.81. The normalized spacial score (nSPS) is 11.4. The first-order chi connectivity index (χ1) is 9.84. The summed E-state index contributed by atoms with van der Waals surface area (Å²) in [7, 11) is 0. The van der Waals surface area contributed by atoms with E-state index in [1.54, 1.807) is 5.38 Å². The Labute approximate surface area is 126 Å². The van der Waals surface area contributed by atoms with Gasteiger partial charge in [0.2, 0.25) is 5.91 Å². The number of aromatic nitrogens is 2. The molecular formula is C12H10F3N3OS2. The molecule has 0 aliphatic rings. The smallest absolute Gasteiger partial charge is 0.301 e. The van der Waals surface area contributed by atoms with Gasteiger partial charge in [-0.1, -0.05) is 11.8 Å². The first-order valence-corrected chi connectivity index (χ1v) is 7.59. The maximum atomic E-state index is 12.4. The standard InChI is InChI=1S/C12H10F3N3OS2/c1-7-5-21-11(17-7)18-9(19)6-20-10-3-2-8(4-16-10)12(13,14)15/h2-5H,6H2,1H3,(H,17,18,19). The Morgan fingerprint density at radius 3 is 2.71 bits per heavy atom. The van der Waals surface area contributed by atoms with Gasteiger partial charge in [0.05, 0.1) is 22.0 Å². The lowest BCUT2D eigenvalue weighted by molar-refractivity contribution is -0.137. The minimum atomic E-state index is -4.41. The molecule has 4 nitrogen and oxygen atoms in total. The summed E-state index contributed by atoms with van der Waals surface area (Å²) in [6.07, 6.45) is -3.65. The molecule has 0 aromatic carbocycles. The monoisotopic (exact) mass is 333 g/mol. The third kappa shape index (κ3) is 4.71. The number of rotatable bonds is 4. The van der Waals surface area contributed by atoms with Crippen LogP contribution in [-0.4, -0.2) is 21.6 Å². The number of thiazole rings is 1. The zero-order valence-corrected chi connectivity index (χ0v) is 12.4. The van der Waals surface area contributed by atoms with E-state index in [1.807, 2.05) is 6.92 Å². The van der Waals surface area contributed by atoms with Crippen molar-refractivity contribution in [2.45, 2.75) is 18.1 Å². The molecule has 2 heterocycles. The Bertz CT molecular complexity index is 625. The van der Waals surface area contributed by atoms with Crippen molar-refractivity contribution in [1.82, 2.24) is 9.97 Å². The van der Waals surface area contributed by atoms with Crippen molar-refractivity contribution in [3.05, 3.63) is 35.0 Å². The second-order valence-electron chi connectivity index (χ2n) is 4.01. The fraction of sp³-hybridized carbons (Fsp3) is 0.250. The lowest BCUT2D eigenvalue weighted by atomic mass is 10.3. The SMILES string of the molecule is Cc1csc(NC(=O)CSc2ccc(C(F)(F)F)cn2)n1. The van der Waals surface area contributed by atoms with Gasteiger partial charge in [-0.15, -0.1) is 11.3 Å². The highest BCUT2D eigenvalue weighted by Gasteiger charge is 2.30. The summed E-state index contributed by atoms with van der Waals surface area (Å²) in [5.41, 5.74) is 0.00178. The molecule has 112 valence electrons. The number of nitrogens with zero attached hydrogens (tertiary/aromatic N) is 2. The van der Waals surface area contributed by atoms with E-state index in [4.69, 9.17) is 0 Å². The Kier molecular flexibility index (Phi) is 4.84. The van der Waals surface area contributed by atoms with Crippen LogP contribution in [0.25, 0.3) is 0 Å². The molecule has 2 rings (SSSR count). The number of thioether (sulfide) groups is 1. The Hall–Kier alpha value is -1.61. The molecule has 0 atom stereocenters. The van der Waals surface area contributed by atoms with Crippen molar-refractivity contribution in [2.75, 3.05) is 11.1 Å². The minimum absolute atomic E-state index is 0.0526. The van der Waals surface area contributed by atoms with Crippen LogP contribution in [0, 0.1) is 6.92 Å². The van der Waals surface area contributed by atoms with E-state index in [2.05, 4.69) is 15.3 Å². The van der Waals surface area contributed by atoms with Gasteiger partial charge in [-0.3, -0.25) is 4.79 Å². The highest BCUT2D eigenvalue weighted by Crippen LogP contribution is 2.29. The number of hydrogen-bond acceptors (Lipinski definition) is 5. The minimum Gasteiger partial charge on any atom is -0.301 e. The molecule has 0 radical (unpaired) electrons. The average molecular weight is 333 g/mol. The van der Waals surface area contributed by atoms with E-state index >= 15 is 0 Å². The van der Waals surface area contributed by atoms with Crippen molar-refractivity contribution < 1.29 is 18.0 Å². The first kappa shape index (κ1) is 15.8. The van der Waals surface area contributed by atoms with Crippen LogP contribution in [0.2, 0.25) is 0 Å². The van der Waals surface area contributed by atoms with Gasteiger partial charge in [0.1, 0.15) is 0 Å². The van der Waals surface area contributed by atoms with Crippen LogP contribution in [0.4, 0.5) is 18.3 Å². The summed E-state index contributed by atoms with van der Waals surface area (Å²) in [4.78, 5) is 19.4. The van der Waals surface area contributed by atoms with Crippen LogP contribution >= 0.6 is 23.1 Å². The highest BCUT2D eigenvalue weighted by atomic mass is 32.2. The molecular weight excluding hydrogens is 323 g/mol. The number of anilines is 1. The number of pyridine rings is 1. The second-order valence-corrected chi connectivity index (χ2v) is 5.87. The molecule has 2 aromatic rings. The van der Waals surface area contributed by atoms with Crippen LogP contribution in [0.15, 0.2) is 28.7 Å². The number of alkyl halides is 3. The maximum Gasteiger partial charge on any atom is 0.417 e. The number of halogens is 3. The van der Waals surface area contributed by atoms with Crippen LogP contribution < -0.4 is 5.32 Å². The second kappa shape index (κ2) is 6.44. The van der Waals surface area contributed by atoms with Crippen molar-refractivity contribution in [1.29, 1.82) is 0 Å². The number of hydrogen-bond donors (Lipinski definition) is 1. The molecule has 0 bridgehead atoms. The van der Waals surface area contributed by atoms with Crippen molar-refractivity contribution in [3.8, 4) is 0 Å². The third-order valence-electron chi connectivity index (χ3n) is 2.28. The number of nitrogens with one attached hydrogen (secondary N) is 1. The van der Waals surface area contributed by atoms with Crippen molar-refractivity contribution in [2.24, 2.45) is 0 Å². The predicted octanol–water partition coefficient (Wildman–Crippen LogP) is 3.60. The average Bonchev–Trinajstić information content (AvgIpc) is 2.81. The van der Waals surface area contributed by atoms with Gasteiger partial charge >= 0.3 is 6.18 Å². The molecule has 1 amide bonds. The quantitative estimate of drug-likeness (QED) is 0.869. The predicted molar refractivity (Wildman–Crippen MR) is 75.4 cm³/mol. The van der Waals surface area contributed by atoms with Crippen LogP contribution in [-0.2, 0) is 11.0 Å². The highest BCUT2D eigenvalue weighted by molar-refractivity contribution is 7.99. The lowest BCUT2D eigenvalue weighted by Crippen LogP contribution is -2.14. The largest absolute Gasteiger partial charge is 0.417 e. The fourth-order valence-corrected chi connectivity index (χ4v) is 2.69. The Morgan fingerprint density at radius 2 is 2.19 bits per heavy atom. The van der Waals surface area contributed by atoms with E-state index in [9.17, 15) is 18.0 Å². The molecule has 0 aliphatic carbocycles.